The topological polar surface area (TPSA) is 69.0 Å². The van der Waals surface area contributed by atoms with Crippen LogP contribution in [0.3, 0.4) is 0 Å². The van der Waals surface area contributed by atoms with E-state index >= 15 is 0 Å². The van der Waals surface area contributed by atoms with Crippen molar-refractivity contribution in [2.24, 2.45) is 0 Å². The molecular weight excluding hydrogens is 328 g/mol. The summed E-state index contributed by atoms with van der Waals surface area (Å²) in [5, 5.41) is 7.61. The minimum atomic E-state index is -0.259. The zero-order valence-electron chi connectivity index (χ0n) is 13.2. The average Bonchev–Trinajstić information content (AvgIpc) is 3.07. The quantitative estimate of drug-likeness (QED) is 0.791. The number of methoxy groups -OCH3 is 1. The average molecular weight is 343 g/mol. The van der Waals surface area contributed by atoms with Crippen molar-refractivity contribution in [1.29, 1.82) is 0 Å². The van der Waals surface area contributed by atoms with E-state index in [4.69, 9.17) is 16.3 Å². The summed E-state index contributed by atoms with van der Waals surface area (Å²) in [6, 6.07) is 12.6. The Bertz CT molecular complexity index is 857. The van der Waals surface area contributed by atoms with Crippen LogP contribution in [0.2, 0.25) is 5.02 Å². The third-order valence-electron chi connectivity index (χ3n) is 3.48. The Morgan fingerprint density at radius 2 is 1.96 bits per heavy atom. The summed E-state index contributed by atoms with van der Waals surface area (Å²) in [7, 11) is 3.13. The molecule has 0 spiro atoms. The summed E-state index contributed by atoms with van der Waals surface area (Å²) in [4.78, 5) is 16.2. The highest BCUT2D eigenvalue weighted by Gasteiger charge is 2.16. The van der Waals surface area contributed by atoms with Gasteiger partial charge in [0.25, 0.3) is 5.91 Å². The molecule has 2 aromatic heterocycles. The molecule has 0 unspecified atom stereocenters. The number of rotatable bonds is 4. The van der Waals surface area contributed by atoms with E-state index in [0.717, 1.165) is 16.9 Å². The van der Waals surface area contributed by atoms with Crippen LogP contribution in [-0.2, 0) is 0 Å². The van der Waals surface area contributed by atoms with Gasteiger partial charge in [-0.25, -0.2) is 9.67 Å². The maximum atomic E-state index is 12.0. The van der Waals surface area contributed by atoms with Crippen molar-refractivity contribution in [3.05, 3.63) is 59.4 Å². The molecule has 0 saturated heterocycles. The van der Waals surface area contributed by atoms with Crippen molar-refractivity contribution in [3.63, 3.8) is 0 Å². The maximum absolute atomic E-state index is 12.0. The minimum Gasteiger partial charge on any atom is -0.481 e. The molecule has 0 saturated carbocycles. The Kier molecular flexibility index (Phi) is 4.48. The fourth-order valence-electron chi connectivity index (χ4n) is 2.26. The fourth-order valence-corrected chi connectivity index (χ4v) is 2.38. The summed E-state index contributed by atoms with van der Waals surface area (Å²) < 4.78 is 6.77. The number of aromatic nitrogens is 3. The standard InChI is InChI=1S/C17H15ClN4O2/c1-19-17(23)14-9-15(11-3-8-16(24-2)20-10-11)22(21-14)13-6-4-12(18)5-7-13/h3-10H,1-2H3,(H,19,23). The van der Waals surface area contributed by atoms with E-state index in [1.165, 1.54) is 0 Å². The first-order valence-corrected chi connectivity index (χ1v) is 7.58. The summed E-state index contributed by atoms with van der Waals surface area (Å²) >= 11 is 5.95. The van der Waals surface area contributed by atoms with Crippen molar-refractivity contribution >= 4 is 17.5 Å². The number of halogens is 1. The molecule has 2 heterocycles. The lowest BCUT2D eigenvalue weighted by molar-refractivity contribution is 0.0957. The van der Waals surface area contributed by atoms with Crippen LogP contribution >= 0.6 is 11.6 Å². The number of amides is 1. The third-order valence-corrected chi connectivity index (χ3v) is 3.73. The first-order chi connectivity index (χ1) is 11.6. The van der Waals surface area contributed by atoms with E-state index in [-0.39, 0.29) is 5.91 Å². The van der Waals surface area contributed by atoms with E-state index in [0.29, 0.717) is 16.6 Å². The largest absolute Gasteiger partial charge is 0.481 e. The molecule has 1 N–H and O–H groups in total. The van der Waals surface area contributed by atoms with Crippen molar-refractivity contribution in [3.8, 4) is 22.8 Å². The normalized spacial score (nSPS) is 10.5. The predicted octanol–water partition coefficient (Wildman–Crippen LogP) is 2.96. The Labute approximate surface area is 144 Å². The number of benzene rings is 1. The summed E-state index contributed by atoms with van der Waals surface area (Å²) in [6.45, 7) is 0. The minimum absolute atomic E-state index is 0.259. The molecule has 0 aliphatic rings. The second-order valence-corrected chi connectivity index (χ2v) is 5.41. The third kappa shape index (κ3) is 3.09. The van der Waals surface area contributed by atoms with Gasteiger partial charge in [0.2, 0.25) is 5.88 Å². The molecule has 7 heteroatoms. The smallest absolute Gasteiger partial charge is 0.271 e. The SMILES string of the molecule is CNC(=O)c1cc(-c2ccc(OC)nc2)n(-c2ccc(Cl)cc2)n1. The highest BCUT2D eigenvalue weighted by atomic mass is 35.5. The zero-order chi connectivity index (χ0) is 17.1. The molecule has 0 atom stereocenters. The summed E-state index contributed by atoms with van der Waals surface area (Å²) in [5.74, 6) is 0.258. The molecule has 122 valence electrons. The van der Waals surface area contributed by atoms with Gasteiger partial charge >= 0.3 is 0 Å². The molecule has 0 aliphatic carbocycles. The van der Waals surface area contributed by atoms with Crippen LogP contribution in [0.25, 0.3) is 16.9 Å². The molecule has 3 aromatic rings. The lowest BCUT2D eigenvalue weighted by Gasteiger charge is -2.08. The lowest BCUT2D eigenvalue weighted by Crippen LogP contribution is -2.18. The number of carbonyl (C=O) groups excluding carboxylic acids is 1. The number of carbonyl (C=O) groups is 1. The molecule has 1 amide bonds. The van der Waals surface area contributed by atoms with Gasteiger partial charge in [0, 0.05) is 29.9 Å². The van der Waals surface area contributed by atoms with E-state index in [9.17, 15) is 4.79 Å². The predicted molar refractivity (Wildman–Crippen MR) is 91.7 cm³/mol. The second-order valence-electron chi connectivity index (χ2n) is 4.97. The van der Waals surface area contributed by atoms with Crippen LogP contribution in [0, 0.1) is 0 Å². The second kappa shape index (κ2) is 6.72. The van der Waals surface area contributed by atoms with E-state index in [2.05, 4.69) is 15.4 Å². The van der Waals surface area contributed by atoms with Crippen LogP contribution < -0.4 is 10.1 Å². The molecular formula is C17H15ClN4O2. The first-order valence-electron chi connectivity index (χ1n) is 7.21. The molecule has 6 nitrogen and oxygen atoms in total. The molecule has 0 radical (unpaired) electrons. The number of nitrogens with zero attached hydrogens (tertiary/aromatic N) is 3. The number of pyridine rings is 1. The van der Waals surface area contributed by atoms with Crippen LogP contribution in [0.5, 0.6) is 5.88 Å². The van der Waals surface area contributed by atoms with Crippen molar-refractivity contribution in [1.82, 2.24) is 20.1 Å². The molecule has 0 fully saturated rings. The number of hydrogen-bond acceptors (Lipinski definition) is 4. The highest BCUT2D eigenvalue weighted by Crippen LogP contribution is 2.25. The Morgan fingerprint density at radius 3 is 2.54 bits per heavy atom. The Balaban J connectivity index is 2.13. The van der Waals surface area contributed by atoms with Crippen LogP contribution in [0.4, 0.5) is 0 Å². The van der Waals surface area contributed by atoms with Crippen LogP contribution in [-0.4, -0.2) is 34.8 Å². The molecule has 0 aliphatic heterocycles. The number of hydrogen-bond donors (Lipinski definition) is 1. The van der Waals surface area contributed by atoms with Gasteiger partial charge < -0.3 is 10.1 Å². The Morgan fingerprint density at radius 1 is 1.21 bits per heavy atom. The van der Waals surface area contributed by atoms with Gasteiger partial charge in [0.15, 0.2) is 5.69 Å². The van der Waals surface area contributed by atoms with E-state index < -0.39 is 0 Å². The molecule has 0 bridgehead atoms. The molecule has 24 heavy (non-hydrogen) atoms. The fraction of sp³-hybridized carbons (Fsp3) is 0.118. The van der Waals surface area contributed by atoms with Crippen molar-refractivity contribution in [2.45, 2.75) is 0 Å². The molecule has 1 aromatic carbocycles. The first kappa shape index (κ1) is 16.0. The Hall–Kier alpha value is -2.86. The van der Waals surface area contributed by atoms with Gasteiger partial charge in [0.1, 0.15) is 0 Å². The maximum Gasteiger partial charge on any atom is 0.271 e. The van der Waals surface area contributed by atoms with E-state index in [1.54, 1.807) is 49.3 Å². The van der Waals surface area contributed by atoms with Gasteiger partial charge in [-0.3, -0.25) is 4.79 Å². The number of ether oxygens (including phenoxy) is 1. The monoisotopic (exact) mass is 342 g/mol. The van der Waals surface area contributed by atoms with Gasteiger partial charge in [0.05, 0.1) is 18.5 Å². The van der Waals surface area contributed by atoms with E-state index in [1.807, 2.05) is 18.2 Å². The summed E-state index contributed by atoms with van der Waals surface area (Å²) in [6.07, 6.45) is 1.68. The van der Waals surface area contributed by atoms with Gasteiger partial charge in [-0.15, -0.1) is 0 Å². The van der Waals surface area contributed by atoms with Crippen LogP contribution in [0.1, 0.15) is 10.5 Å². The lowest BCUT2D eigenvalue weighted by atomic mass is 10.2. The molecule has 3 rings (SSSR count). The van der Waals surface area contributed by atoms with Gasteiger partial charge in [-0.05, 0) is 36.4 Å². The van der Waals surface area contributed by atoms with Gasteiger partial charge in [-0.2, -0.15) is 5.10 Å². The number of nitrogens with one attached hydrogen (secondary N) is 1. The van der Waals surface area contributed by atoms with Crippen molar-refractivity contribution < 1.29 is 9.53 Å². The highest BCUT2D eigenvalue weighted by molar-refractivity contribution is 6.30. The van der Waals surface area contributed by atoms with Crippen molar-refractivity contribution in [2.75, 3.05) is 14.2 Å². The zero-order valence-corrected chi connectivity index (χ0v) is 13.9. The van der Waals surface area contributed by atoms with Crippen LogP contribution in [0.15, 0.2) is 48.7 Å². The van der Waals surface area contributed by atoms with Gasteiger partial charge in [-0.1, -0.05) is 11.6 Å². The summed E-state index contributed by atoms with van der Waals surface area (Å²) in [5.41, 5.74) is 2.66.